The molecule has 0 saturated heterocycles. The summed E-state index contributed by atoms with van der Waals surface area (Å²) >= 11 is 0. The number of ether oxygens (including phenoxy) is 3. The molecule has 0 unspecified atom stereocenters. The van der Waals surface area contributed by atoms with Gasteiger partial charge in [0.05, 0.1) is 12.1 Å². The Labute approximate surface area is 228 Å². The predicted molar refractivity (Wildman–Crippen MR) is 143 cm³/mol. The summed E-state index contributed by atoms with van der Waals surface area (Å²) in [6.07, 6.45) is 3.26. The van der Waals surface area contributed by atoms with Gasteiger partial charge < -0.3 is 19.1 Å². The van der Waals surface area contributed by atoms with Gasteiger partial charge in [0.15, 0.2) is 18.0 Å². The van der Waals surface area contributed by atoms with Gasteiger partial charge in [-0.15, -0.1) is 0 Å². The van der Waals surface area contributed by atoms with Gasteiger partial charge in [-0.2, -0.15) is 0 Å². The van der Waals surface area contributed by atoms with Gasteiger partial charge in [-0.05, 0) is 24.0 Å². The molecule has 0 amide bonds. The lowest BCUT2D eigenvalue weighted by atomic mass is 9.84. The lowest BCUT2D eigenvalue weighted by Gasteiger charge is -2.47. The van der Waals surface area contributed by atoms with E-state index in [2.05, 4.69) is 4.90 Å². The van der Waals surface area contributed by atoms with Crippen LogP contribution in [0.2, 0.25) is 0 Å². The molecule has 0 saturated carbocycles. The van der Waals surface area contributed by atoms with Crippen LogP contribution < -0.4 is 0 Å². The van der Waals surface area contributed by atoms with Crippen LogP contribution in [0.15, 0.2) is 84.1 Å². The molecule has 4 rings (SSSR count). The average molecular weight is 532 g/mol. The number of carbonyl (C=O) groups excluding carboxylic acids is 4. The number of allylic oxidation sites excluding steroid dienone is 3. The second-order valence-corrected chi connectivity index (χ2v) is 9.64. The molecule has 0 aromatic heterocycles. The van der Waals surface area contributed by atoms with Gasteiger partial charge in [0, 0.05) is 38.5 Å². The Bertz CT molecular complexity index is 1230. The van der Waals surface area contributed by atoms with Gasteiger partial charge in [0.1, 0.15) is 6.61 Å². The van der Waals surface area contributed by atoms with Crippen molar-refractivity contribution in [1.82, 2.24) is 4.90 Å². The van der Waals surface area contributed by atoms with E-state index in [-0.39, 0.29) is 18.4 Å². The molecule has 2 aromatic carbocycles. The molecular formula is C31H33NO7. The normalized spacial score (nSPS) is 18.3. The zero-order chi connectivity index (χ0) is 27.9. The van der Waals surface area contributed by atoms with Crippen molar-refractivity contribution < 1.29 is 33.4 Å². The molecule has 8 nitrogen and oxygen atoms in total. The summed E-state index contributed by atoms with van der Waals surface area (Å²) in [6.45, 7) is 3.49. The first kappa shape index (κ1) is 27.8. The fourth-order valence-corrected chi connectivity index (χ4v) is 5.32. The molecule has 2 aliphatic rings. The minimum atomic E-state index is -1.08. The molecule has 204 valence electrons. The van der Waals surface area contributed by atoms with Gasteiger partial charge in [0.2, 0.25) is 0 Å². The topological polar surface area (TPSA) is 99.2 Å². The maximum Gasteiger partial charge on any atom is 0.303 e. The SMILES string of the molecule is CC(=O)OC[C@@H](OC(C)=O)[C@@H](OC(C)=O)[C@@H]1C=CC2=C(CCCC2=O)N1C(c1ccccc1)c1ccccc1. The number of benzene rings is 2. The molecule has 0 spiro atoms. The second-order valence-electron chi connectivity index (χ2n) is 9.64. The number of esters is 3. The van der Waals surface area contributed by atoms with Crippen molar-refractivity contribution in [3.63, 3.8) is 0 Å². The monoisotopic (exact) mass is 531 g/mol. The zero-order valence-corrected chi connectivity index (χ0v) is 22.4. The summed E-state index contributed by atoms with van der Waals surface area (Å²) in [5, 5.41) is 0. The van der Waals surface area contributed by atoms with E-state index in [0.29, 0.717) is 24.8 Å². The van der Waals surface area contributed by atoms with Crippen molar-refractivity contribution in [1.29, 1.82) is 0 Å². The maximum absolute atomic E-state index is 13.0. The first-order valence-corrected chi connectivity index (χ1v) is 13.1. The third-order valence-electron chi connectivity index (χ3n) is 6.80. The summed E-state index contributed by atoms with van der Waals surface area (Å²) in [5.74, 6) is -1.69. The highest BCUT2D eigenvalue weighted by Gasteiger charge is 2.44. The van der Waals surface area contributed by atoms with Gasteiger partial charge in [-0.1, -0.05) is 72.8 Å². The minimum absolute atomic E-state index is 0.0521. The molecule has 0 fully saturated rings. The molecule has 0 bridgehead atoms. The average Bonchev–Trinajstić information content (AvgIpc) is 2.91. The molecule has 0 N–H and O–H groups in total. The Kier molecular flexibility index (Phi) is 8.96. The smallest absolute Gasteiger partial charge is 0.303 e. The first-order chi connectivity index (χ1) is 18.8. The highest BCUT2D eigenvalue weighted by Crippen LogP contribution is 2.42. The van der Waals surface area contributed by atoms with Gasteiger partial charge >= 0.3 is 17.9 Å². The Morgan fingerprint density at radius 3 is 1.97 bits per heavy atom. The molecule has 1 aliphatic carbocycles. The summed E-state index contributed by atoms with van der Waals surface area (Å²) in [6, 6.07) is 18.7. The van der Waals surface area contributed by atoms with E-state index in [1.807, 2.05) is 66.7 Å². The summed E-state index contributed by atoms with van der Waals surface area (Å²) < 4.78 is 16.6. The molecule has 1 heterocycles. The molecule has 8 heteroatoms. The van der Waals surface area contributed by atoms with Crippen LogP contribution in [-0.4, -0.2) is 53.4 Å². The van der Waals surface area contributed by atoms with E-state index >= 15 is 0 Å². The number of carbonyl (C=O) groups is 4. The Balaban J connectivity index is 1.91. The van der Waals surface area contributed by atoms with Crippen molar-refractivity contribution in [2.45, 2.75) is 64.3 Å². The highest BCUT2D eigenvalue weighted by molar-refractivity contribution is 5.99. The number of ketones is 1. The third kappa shape index (κ3) is 6.63. The van der Waals surface area contributed by atoms with Gasteiger partial charge in [0.25, 0.3) is 0 Å². The zero-order valence-electron chi connectivity index (χ0n) is 22.4. The Morgan fingerprint density at radius 2 is 1.44 bits per heavy atom. The quantitative estimate of drug-likeness (QED) is 0.346. The highest BCUT2D eigenvalue weighted by atomic mass is 16.6. The van der Waals surface area contributed by atoms with E-state index in [1.165, 1.54) is 20.8 Å². The maximum atomic E-state index is 13.0. The van der Waals surface area contributed by atoms with E-state index in [9.17, 15) is 19.2 Å². The standard InChI is InChI=1S/C31H33NO7/c1-20(33)37-19-29(38-21(2)34)31(39-22(3)35)27-18-17-25-26(15-10-16-28(25)36)32(27)30(23-11-6-4-7-12-23)24-13-8-5-9-14-24/h4-9,11-14,17-18,27,29-31H,10,15-16,19H2,1-3H3/t27-,29+,31-/m0/s1. The number of Topliss-reactive ketones (excluding diaryl/α,β-unsaturated/α-hetero) is 1. The van der Waals surface area contributed by atoms with Crippen LogP contribution in [0.4, 0.5) is 0 Å². The molecule has 1 aliphatic heterocycles. The molecular weight excluding hydrogens is 498 g/mol. The molecule has 39 heavy (non-hydrogen) atoms. The van der Waals surface area contributed by atoms with Crippen LogP contribution in [0.3, 0.4) is 0 Å². The number of hydrogen-bond acceptors (Lipinski definition) is 8. The third-order valence-corrected chi connectivity index (χ3v) is 6.80. The summed E-state index contributed by atoms with van der Waals surface area (Å²) in [7, 11) is 0. The largest absolute Gasteiger partial charge is 0.462 e. The lowest BCUT2D eigenvalue weighted by Crippen LogP contribution is -2.54. The summed E-state index contributed by atoms with van der Waals surface area (Å²) in [5.41, 5.74) is 3.40. The van der Waals surface area contributed by atoms with Crippen molar-refractivity contribution in [3.05, 3.63) is 95.2 Å². The summed E-state index contributed by atoms with van der Waals surface area (Å²) in [4.78, 5) is 51.3. The van der Waals surface area contributed by atoms with Crippen LogP contribution in [0.5, 0.6) is 0 Å². The van der Waals surface area contributed by atoms with E-state index in [0.717, 1.165) is 16.8 Å². The Morgan fingerprint density at radius 1 is 0.846 bits per heavy atom. The molecule has 2 aromatic rings. The fourth-order valence-electron chi connectivity index (χ4n) is 5.32. The van der Waals surface area contributed by atoms with Crippen LogP contribution in [-0.2, 0) is 33.4 Å². The second kappa shape index (κ2) is 12.6. The van der Waals surface area contributed by atoms with Gasteiger partial charge in [-0.3, -0.25) is 19.2 Å². The number of rotatable bonds is 9. The number of hydrogen-bond donors (Lipinski definition) is 0. The van der Waals surface area contributed by atoms with Crippen LogP contribution in [0, 0.1) is 0 Å². The van der Waals surface area contributed by atoms with Crippen LogP contribution >= 0.6 is 0 Å². The molecule has 0 radical (unpaired) electrons. The van der Waals surface area contributed by atoms with E-state index in [1.54, 1.807) is 6.08 Å². The number of nitrogens with zero attached hydrogens (tertiary/aromatic N) is 1. The van der Waals surface area contributed by atoms with Crippen molar-refractivity contribution in [2.24, 2.45) is 0 Å². The predicted octanol–water partition coefficient (Wildman–Crippen LogP) is 4.45. The fraction of sp³-hybridized carbons (Fsp3) is 0.355. The lowest BCUT2D eigenvalue weighted by molar-refractivity contribution is -0.177. The Hall–Kier alpha value is -4.20. The van der Waals surface area contributed by atoms with E-state index in [4.69, 9.17) is 14.2 Å². The van der Waals surface area contributed by atoms with Crippen molar-refractivity contribution in [2.75, 3.05) is 6.61 Å². The van der Waals surface area contributed by atoms with Gasteiger partial charge in [-0.25, -0.2) is 0 Å². The molecule has 3 atom stereocenters. The minimum Gasteiger partial charge on any atom is -0.462 e. The van der Waals surface area contributed by atoms with Crippen molar-refractivity contribution >= 4 is 23.7 Å². The first-order valence-electron chi connectivity index (χ1n) is 13.1. The van der Waals surface area contributed by atoms with Crippen molar-refractivity contribution in [3.8, 4) is 0 Å². The van der Waals surface area contributed by atoms with Crippen LogP contribution in [0.1, 0.15) is 57.2 Å². The van der Waals surface area contributed by atoms with Crippen LogP contribution in [0.25, 0.3) is 0 Å². The van der Waals surface area contributed by atoms with E-state index < -0.39 is 36.2 Å².